The zero-order valence-electron chi connectivity index (χ0n) is 15.0. The molecule has 0 radical (unpaired) electrons. The molecule has 2 aromatic rings. The smallest absolute Gasteiger partial charge is 0.104 e. The summed E-state index contributed by atoms with van der Waals surface area (Å²) in [5.41, 5.74) is 9.27. The van der Waals surface area contributed by atoms with Crippen molar-refractivity contribution in [3.63, 3.8) is 0 Å². The van der Waals surface area contributed by atoms with E-state index in [1.165, 1.54) is 21.2 Å². The Balaban J connectivity index is 2.03. The van der Waals surface area contributed by atoms with Crippen molar-refractivity contribution in [1.82, 2.24) is 4.90 Å². The predicted molar refractivity (Wildman–Crippen MR) is 112 cm³/mol. The van der Waals surface area contributed by atoms with Gasteiger partial charge in [-0.1, -0.05) is 49.1 Å². The van der Waals surface area contributed by atoms with Gasteiger partial charge in [-0.25, -0.2) is 0 Å². The van der Waals surface area contributed by atoms with E-state index in [1.54, 1.807) is 0 Å². The Kier molecular flexibility index (Phi) is 5.67. The molecule has 132 valence electrons. The van der Waals surface area contributed by atoms with Gasteiger partial charge in [0, 0.05) is 27.9 Å². The molecule has 2 N–H and O–H groups in total. The molecule has 1 atom stereocenters. The minimum atomic E-state index is 0.346. The van der Waals surface area contributed by atoms with E-state index in [0.717, 1.165) is 25.1 Å². The molecule has 0 unspecified atom stereocenters. The van der Waals surface area contributed by atoms with Crippen LogP contribution in [0, 0.1) is 0 Å². The zero-order chi connectivity index (χ0) is 18.0. The first-order valence-electron chi connectivity index (χ1n) is 8.69. The number of nitrogens with zero attached hydrogens (tertiary/aromatic N) is 2. The summed E-state index contributed by atoms with van der Waals surface area (Å²) < 4.78 is 0. The molecular weight excluding hydrogens is 346 g/mol. The Morgan fingerprint density at radius 3 is 2.64 bits per heavy atom. The predicted octanol–water partition coefficient (Wildman–Crippen LogP) is 4.65. The van der Waals surface area contributed by atoms with E-state index < -0.39 is 0 Å². The quantitative estimate of drug-likeness (QED) is 0.747. The molecule has 1 heterocycles. The van der Waals surface area contributed by atoms with Crippen molar-refractivity contribution in [2.45, 2.75) is 36.1 Å². The molecule has 0 aliphatic carbocycles. The van der Waals surface area contributed by atoms with Crippen LogP contribution in [0.1, 0.15) is 25.8 Å². The van der Waals surface area contributed by atoms with E-state index in [4.69, 9.17) is 18.0 Å². The van der Waals surface area contributed by atoms with Crippen molar-refractivity contribution in [3.05, 3.63) is 48.0 Å². The Morgan fingerprint density at radius 2 is 1.92 bits per heavy atom. The van der Waals surface area contributed by atoms with Crippen molar-refractivity contribution in [3.8, 4) is 0 Å². The van der Waals surface area contributed by atoms with Crippen molar-refractivity contribution in [2.75, 3.05) is 25.0 Å². The van der Waals surface area contributed by atoms with Crippen LogP contribution in [0.2, 0.25) is 0 Å². The maximum atomic E-state index is 5.88. The highest BCUT2D eigenvalue weighted by atomic mass is 32.2. The molecule has 25 heavy (non-hydrogen) atoms. The van der Waals surface area contributed by atoms with E-state index in [0.29, 0.717) is 11.0 Å². The van der Waals surface area contributed by atoms with Gasteiger partial charge in [0.2, 0.25) is 0 Å². The largest absolute Gasteiger partial charge is 0.389 e. The van der Waals surface area contributed by atoms with Crippen LogP contribution in [0.25, 0.3) is 0 Å². The molecule has 0 amide bonds. The molecule has 0 saturated heterocycles. The van der Waals surface area contributed by atoms with Crippen molar-refractivity contribution in [1.29, 1.82) is 0 Å². The second-order valence-electron chi connectivity index (χ2n) is 6.60. The number of para-hydroxylation sites is 1. The summed E-state index contributed by atoms with van der Waals surface area (Å²) in [6.07, 6.45) is 1.16. The van der Waals surface area contributed by atoms with E-state index in [2.05, 4.69) is 67.1 Å². The number of fused-ring (bicyclic) bond motifs is 2. The van der Waals surface area contributed by atoms with Crippen molar-refractivity contribution < 1.29 is 0 Å². The molecule has 0 bridgehead atoms. The van der Waals surface area contributed by atoms with Gasteiger partial charge in [0.1, 0.15) is 4.99 Å². The number of hydrogen-bond donors (Lipinski definition) is 1. The van der Waals surface area contributed by atoms with Gasteiger partial charge in [-0.2, -0.15) is 0 Å². The molecule has 5 heteroatoms. The number of likely N-dealkylation sites (N-methyl/N-ethyl adjacent to an activating group) is 1. The number of thiocarbonyl (C=S) groups is 1. The number of benzene rings is 2. The Labute approximate surface area is 160 Å². The summed E-state index contributed by atoms with van der Waals surface area (Å²) in [6.45, 7) is 6.62. The first-order valence-corrected chi connectivity index (χ1v) is 9.92. The fraction of sp³-hybridized carbons (Fsp3) is 0.350. The number of anilines is 2. The number of rotatable bonds is 6. The molecule has 0 fully saturated rings. The molecule has 3 nitrogen and oxygen atoms in total. The van der Waals surface area contributed by atoms with E-state index in [-0.39, 0.29) is 0 Å². The summed E-state index contributed by atoms with van der Waals surface area (Å²) in [4.78, 5) is 7.83. The Hall–Kier alpha value is -1.56. The summed E-state index contributed by atoms with van der Waals surface area (Å²) in [6, 6.07) is 15.3. The fourth-order valence-electron chi connectivity index (χ4n) is 3.42. The number of nitrogens with two attached hydrogens (primary N) is 1. The summed E-state index contributed by atoms with van der Waals surface area (Å²) >= 11 is 7.01. The molecule has 0 aromatic heterocycles. The monoisotopic (exact) mass is 371 g/mol. The highest BCUT2D eigenvalue weighted by Gasteiger charge is 2.27. The molecule has 1 aliphatic heterocycles. The third-order valence-corrected chi connectivity index (χ3v) is 5.84. The lowest BCUT2D eigenvalue weighted by atomic mass is 10.1. The first kappa shape index (κ1) is 18.2. The van der Waals surface area contributed by atoms with Gasteiger partial charge in [-0.05, 0) is 51.2 Å². The van der Waals surface area contributed by atoms with Gasteiger partial charge in [0.25, 0.3) is 0 Å². The van der Waals surface area contributed by atoms with Crippen LogP contribution in [0.15, 0.2) is 52.3 Å². The van der Waals surface area contributed by atoms with Gasteiger partial charge in [0.15, 0.2) is 0 Å². The van der Waals surface area contributed by atoms with Gasteiger partial charge in [0.05, 0.1) is 11.4 Å². The van der Waals surface area contributed by atoms with Crippen LogP contribution in [0.3, 0.4) is 0 Å². The van der Waals surface area contributed by atoms with Crippen LogP contribution in [0.5, 0.6) is 0 Å². The second kappa shape index (κ2) is 7.77. The molecule has 2 aromatic carbocycles. The average Bonchev–Trinajstić information content (AvgIpc) is 2.59. The molecular formula is C20H25N3S2. The third kappa shape index (κ3) is 3.84. The summed E-state index contributed by atoms with van der Waals surface area (Å²) in [5, 5.41) is 0. The molecule has 0 saturated carbocycles. The van der Waals surface area contributed by atoms with Crippen LogP contribution < -0.4 is 10.6 Å². The lowest BCUT2D eigenvalue weighted by Crippen LogP contribution is -2.40. The molecule has 1 aliphatic rings. The van der Waals surface area contributed by atoms with Crippen molar-refractivity contribution >= 4 is 40.3 Å². The summed E-state index contributed by atoms with van der Waals surface area (Å²) in [5.74, 6) is 0. The lowest BCUT2D eigenvalue weighted by Gasteiger charge is -2.39. The zero-order valence-corrected chi connectivity index (χ0v) is 16.7. The topological polar surface area (TPSA) is 32.5 Å². The van der Waals surface area contributed by atoms with Gasteiger partial charge >= 0.3 is 0 Å². The second-order valence-corrected chi connectivity index (χ2v) is 8.12. The van der Waals surface area contributed by atoms with Crippen LogP contribution >= 0.6 is 24.0 Å². The minimum Gasteiger partial charge on any atom is -0.389 e. The number of hydrogen-bond acceptors (Lipinski definition) is 4. The fourth-order valence-corrected chi connectivity index (χ4v) is 4.60. The highest BCUT2D eigenvalue weighted by molar-refractivity contribution is 7.99. The normalized spacial score (nSPS) is 14.2. The highest BCUT2D eigenvalue weighted by Crippen LogP contribution is 2.49. The maximum absolute atomic E-state index is 5.88. The van der Waals surface area contributed by atoms with E-state index in [9.17, 15) is 0 Å². The lowest BCUT2D eigenvalue weighted by molar-refractivity contribution is 0.316. The maximum Gasteiger partial charge on any atom is 0.104 e. The van der Waals surface area contributed by atoms with Crippen LogP contribution in [0.4, 0.5) is 11.4 Å². The summed E-state index contributed by atoms with van der Waals surface area (Å²) in [7, 11) is 2.19. The van der Waals surface area contributed by atoms with Crippen molar-refractivity contribution in [2.24, 2.45) is 5.73 Å². The SMILES string of the molecule is CCCN(C)C[C@@H](C)N1c2ccccc2Sc2ccc(C(N)=S)cc21. The molecule has 0 spiro atoms. The minimum absolute atomic E-state index is 0.346. The van der Waals surface area contributed by atoms with Gasteiger partial charge in [-0.15, -0.1) is 0 Å². The average molecular weight is 372 g/mol. The third-order valence-electron chi connectivity index (χ3n) is 4.47. The standard InChI is InChI=1S/C20H25N3S2/c1-4-11-22(3)13-14(2)23-16-7-5-6-8-18(16)25-19-10-9-15(20(21)24)12-17(19)23/h5-10,12,14H,4,11,13H2,1-3H3,(H2,21,24)/t14-/m1/s1. The Morgan fingerprint density at radius 1 is 1.20 bits per heavy atom. The van der Waals surface area contributed by atoms with E-state index >= 15 is 0 Å². The molecule has 3 rings (SSSR count). The van der Waals surface area contributed by atoms with Crippen LogP contribution in [-0.2, 0) is 0 Å². The van der Waals surface area contributed by atoms with Gasteiger partial charge in [-0.3, -0.25) is 0 Å². The van der Waals surface area contributed by atoms with E-state index in [1.807, 2.05) is 17.8 Å². The first-order chi connectivity index (χ1) is 12.0. The Bertz CT molecular complexity index is 775. The van der Waals surface area contributed by atoms with Crippen LogP contribution in [-0.4, -0.2) is 36.1 Å². The van der Waals surface area contributed by atoms with Gasteiger partial charge < -0.3 is 15.5 Å².